The van der Waals surface area contributed by atoms with Crippen LogP contribution in [0.2, 0.25) is 0 Å². The number of anilines is 1. The van der Waals surface area contributed by atoms with Crippen LogP contribution in [0.4, 0.5) is 5.82 Å². The molecule has 4 heterocycles. The quantitative estimate of drug-likeness (QED) is 0.473. The van der Waals surface area contributed by atoms with Gasteiger partial charge in [0.2, 0.25) is 5.91 Å². The molecule has 0 radical (unpaired) electrons. The molecule has 2 fully saturated rings. The molecule has 2 aromatic rings. The summed E-state index contributed by atoms with van der Waals surface area (Å²) < 4.78 is 8.08. The van der Waals surface area contributed by atoms with E-state index in [0.29, 0.717) is 43.5 Å². The third-order valence-electron chi connectivity index (χ3n) is 6.68. The number of ether oxygens (including phenoxy) is 1. The Labute approximate surface area is 184 Å². The summed E-state index contributed by atoms with van der Waals surface area (Å²) in [6.07, 6.45) is 4.75. The monoisotopic (exact) mass is 447 g/mol. The maximum absolute atomic E-state index is 12.4. The van der Waals surface area contributed by atoms with Gasteiger partial charge in [-0.3, -0.25) is 9.59 Å². The Morgan fingerprint density at radius 1 is 1.31 bits per heavy atom. The molecule has 0 aromatic carbocycles. The van der Waals surface area contributed by atoms with Crippen LogP contribution in [0.1, 0.15) is 45.1 Å². The Kier molecular flexibility index (Phi) is 5.77. The number of aliphatic hydroxyl groups is 1. The predicted molar refractivity (Wildman–Crippen MR) is 113 cm³/mol. The third-order valence-corrected chi connectivity index (χ3v) is 6.68. The van der Waals surface area contributed by atoms with E-state index in [2.05, 4.69) is 15.0 Å². The number of carbonyl (C=O) groups excluding carboxylic acids is 1. The lowest BCUT2D eigenvalue weighted by Crippen LogP contribution is -2.58. The molecular weight excluding hydrogens is 418 g/mol. The van der Waals surface area contributed by atoms with Crippen LogP contribution in [0.5, 0.6) is 0 Å². The van der Waals surface area contributed by atoms with Crippen molar-refractivity contribution in [3.63, 3.8) is 0 Å². The van der Waals surface area contributed by atoms with Gasteiger partial charge in [-0.15, -0.1) is 0 Å². The molecule has 0 bridgehead atoms. The number of rotatable bonds is 5. The maximum atomic E-state index is 12.4. The average molecular weight is 447 g/mol. The molecule has 174 valence electrons. The first kappa shape index (κ1) is 22.4. The Morgan fingerprint density at radius 2 is 2.03 bits per heavy atom. The SMILES string of the molecule is C[C@]1(O)CC2(CCN(C(=O)CC[C@H](N)C(=O)O)CC2)OC[C@@H]1n1cnc2c(N)ncnc21. The highest BCUT2D eigenvalue weighted by Crippen LogP contribution is 2.44. The van der Waals surface area contributed by atoms with Crippen LogP contribution in [-0.4, -0.2) is 83.4 Å². The van der Waals surface area contributed by atoms with Gasteiger partial charge in [0.25, 0.3) is 0 Å². The topological polar surface area (TPSA) is 183 Å². The van der Waals surface area contributed by atoms with Gasteiger partial charge >= 0.3 is 5.97 Å². The van der Waals surface area contributed by atoms with Gasteiger partial charge in [0.05, 0.1) is 30.2 Å². The van der Waals surface area contributed by atoms with Crippen LogP contribution in [0.3, 0.4) is 0 Å². The fraction of sp³-hybridized carbons (Fsp3) is 0.650. The zero-order valence-corrected chi connectivity index (χ0v) is 18.0. The first-order chi connectivity index (χ1) is 15.1. The molecule has 32 heavy (non-hydrogen) atoms. The summed E-state index contributed by atoms with van der Waals surface area (Å²) in [5, 5.41) is 20.2. The van der Waals surface area contributed by atoms with E-state index in [0.717, 1.165) is 0 Å². The zero-order valence-electron chi connectivity index (χ0n) is 18.0. The molecule has 0 saturated carbocycles. The summed E-state index contributed by atoms with van der Waals surface area (Å²) in [6.45, 7) is 3.02. The number of carboxylic acid groups (broad SMARTS) is 1. The largest absolute Gasteiger partial charge is 0.480 e. The van der Waals surface area contributed by atoms with Crippen molar-refractivity contribution in [3.05, 3.63) is 12.7 Å². The number of likely N-dealkylation sites (tertiary alicyclic amines) is 1. The number of fused-ring (bicyclic) bond motifs is 1. The molecule has 2 aliphatic heterocycles. The van der Waals surface area contributed by atoms with Crippen molar-refractivity contribution in [2.75, 3.05) is 25.4 Å². The fourth-order valence-corrected chi connectivity index (χ4v) is 4.78. The predicted octanol–water partition coefficient (Wildman–Crippen LogP) is -0.326. The van der Waals surface area contributed by atoms with Gasteiger partial charge in [0.15, 0.2) is 11.5 Å². The van der Waals surface area contributed by atoms with Crippen molar-refractivity contribution in [3.8, 4) is 0 Å². The fourth-order valence-electron chi connectivity index (χ4n) is 4.78. The Bertz CT molecular complexity index is 1010. The molecule has 2 aromatic heterocycles. The van der Waals surface area contributed by atoms with E-state index in [1.165, 1.54) is 6.33 Å². The third kappa shape index (κ3) is 4.12. The summed E-state index contributed by atoms with van der Waals surface area (Å²) in [7, 11) is 0. The Hall–Kier alpha value is -2.83. The van der Waals surface area contributed by atoms with Crippen molar-refractivity contribution in [2.24, 2.45) is 5.73 Å². The van der Waals surface area contributed by atoms with Gasteiger partial charge in [0, 0.05) is 25.9 Å². The first-order valence-corrected chi connectivity index (χ1v) is 10.7. The number of hydrogen-bond donors (Lipinski definition) is 4. The lowest BCUT2D eigenvalue weighted by molar-refractivity contribution is -0.197. The Morgan fingerprint density at radius 3 is 2.69 bits per heavy atom. The molecule has 0 aliphatic carbocycles. The summed E-state index contributed by atoms with van der Waals surface area (Å²) in [6, 6.07) is -1.44. The molecule has 12 heteroatoms. The molecule has 12 nitrogen and oxygen atoms in total. The minimum Gasteiger partial charge on any atom is -0.480 e. The van der Waals surface area contributed by atoms with Crippen LogP contribution in [0.15, 0.2) is 12.7 Å². The Balaban J connectivity index is 1.40. The van der Waals surface area contributed by atoms with Crippen molar-refractivity contribution >= 4 is 28.9 Å². The molecule has 1 amide bonds. The minimum atomic E-state index is -1.11. The summed E-state index contributed by atoms with van der Waals surface area (Å²) in [5.74, 6) is -0.940. The highest BCUT2D eigenvalue weighted by Gasteiger charge is 2.50. The normalized spacial score (nSPS) is 26.3. The van der Waals surface area contributed by atoms with E-state index in [4.69, 9.17) is 21.3 Å². The number of aromatic nitrogens is 4. The molecule has 1 spiro atoms. The number of aliphatic carboxylic acids is 1. The van der Waals surface area contributed by atoms with Crippen molar-refractivity contribution < 1.29 is 24.5 Å². The smallest absolute Gasteiger partial charge is 0.320 e. The number of carboxylic acids is 1. The van der Waals surface area contributed by atoms with Crippen molar-refractivity contribution in [2.45, 2.75) is 62.3 Å². The number of amides is 1. The highest BCUT2D eigenvalue weighted by atomic mass is 16.5. The van der Waals surface area contributed by atoms with Crippen LogP contribution in [0, 0.1) is 0 Å². The van der Waals surface area contributed by atoms with Gasteiger partial charge in [-0.1, -0.05) is 0 Å². The van der Waals surface area contributed by atoms with Crippen molar-refractivity contribution in [1.29, 1.82) is 0 Å². The first-order valence-electron chi connectivity index (χ1n) is 10.7. The number of nitrogens with zero attached hydrogens (tertiary/aromatic N) is 5. The number of imidazole rings is 1. The number of piperidine rings is 1. The highest BCUT2D eigenvalue weighted by molar-refractivity contribution is 5.81. The number of nitrogens with two attached hydrogens (primary N) is 2. The molecule has 3 atom stereocenters. The number of carbonyl (C=O) groups is 2. The summed E-state index contributed by atoms with van der Waals surface area (Å²) in [5.41, 5.74) is 10.8. The van der Waals surface area contributed by atoms with E-state index in [9.17, 15) is 14.7 Å². The minimum absolute atomic E-state index is 0.0970. The van der Waals surface area contributed by atoms with Gasteiger partial charge in [0.1, 0.15) is 17.9 Å². The molecule has 2 aliphatic rings. The lowest BCUT2D eigenvalue weighted by atomic mass is 9.75. The summed E-state index contributed by atoms with van der Waals surface area (Å²) in [4.78, 5) is 37.5. The van der Waals surface area contributed by atoms with Crippen LogP contribution in [0.25, 0.3) is 11.2 Å². The van der Waals surface area contributed by atoms with Crippen LogP contribution >= 0.6 is 0 Å². The van der Waals surface area contributed by atoms with Gasteiger partial charge < -0.3 is 35.9 Å². The van der Waals surface area contributed by atoms with Gasteiger partial charge in [-0.2, -0.15) is 0 Å². The molecular formula is C20H29N7O5. The van der Waals surface area contributed by atoms with E-state index in [-0.39, 0.29) is 31.2 Å². The molecule has 2 saturated heterocycles. The molecule has 4 rings (SSSR count). The van der Waals surface area contributed by atoms with Gasteiger partial charge in [-0.05, 0) is 26.2 Å². The average Bonchev–Trinajstić information content (AvgIpc) is 3.16. The van der Waals surface area contributed by atoms with Crippen LogP contribution < -0.4 is 11.5 Å². The second-order valence-corrected chi connectivity index (χ2v) is 8.99. The number of hydrogen-bond acceptors (Lipinski definition) is 9. The van der Waals surface area contributed by atoms with E-state index >= 15 is 0 Å². The second-order valence-electron chi connectivity index (χ2n) is 8.99. The second kappa shape index (κ2) is 8.26. The standard InChI is InChI=1S/C20H29N7O5/c1-19(31)9-20(4-6-26(7-5-20)14(28)3-2-12(21)18(29)30)32-8-13(19)27-11-25-15-16(22)23-10-24-17(15)27/h10-13,31H,2-9,21H2,1H3,(H,29,30)(H2,22,23,24)/t12-,13-,19-/m0/s1. The maximum Gasteiger partial charge on any atom is 0.320 e. The lowest BCUT2D eigenvalue weighted by Gasteiger charge is -2.51. The van der Waals surface area contributed by atoms with E-state index in [1.807, 2.05) is 0 Å². The van der Waals surface area contributed by atoms with Crippen LogP contribution in [-0.2, 0) is 14.3 Å². The number of nitrogen functional groups attached to an aromatic ring is 1. The van der Waals surface area contributed by atoms with E-state index in [1.54, 1.807) is 22.7 Å². The molecule has 0 unspecified atom stereocenters. The van der Waals surface area contributed by atoms with Gasteiger partial charge in [-0.25, -0.2) is 15.0 Å². The summed E-state index contributed by atoms with van der Waals surface area (Å²) >= 11 is 0. The van der Waals surface area contributed by atoms with E-state index < -0.39 is 29.3 Å². The molecule has 6 N–H and O–H groups in total. The zero-order chi connectivity index (χ0) is 23.1. The van der Waals surface area contributed by atoms with Crippen molar-refractivity contribution in [1.82, 2.24) is 24.4 Å².